The van der Waals surface area contributed by atoms with Crippen molar-refractivity contribution >= 4 is 5.91 Å². The molecule has 1 saturated heterocycles. The Morgan fingerprint density at radius 2 is 2.15 bits per heavy atom. The van der Waals surface area contributed by atoms with Gasteiger partial charge in [0.05, 0.1) is 19.8 Å². The summed E-state index contributed by atoms with van der Waals surface area (Å²) in [5.41, 5.74) is 1.12. The van der Waals surface area contributed by atoms with Gasteiger partial charge in [-0.25, -0.2) is 0 Å². The number of rotatable bonds is 7. The van der Waals surface area contributed by atoms with Crippen LogP contribution in [0.2, 0.25) is 0 Å². The highest BCUT2D eigenvalue weighted by Crippen LogP contribution is 2.11. The monoisotopic (exact) mass is 278 g/mol. The highest BCUT2D eigenvalue weighted by Gasteiger charge is 2.23. The molecule has 5 heteroatoms. The van der Waals surface area contributed by atoms with E-state index in [2.05, 4.69) is 0 Å². The van der Waals surface area contributed by atoms with Crippen LogP contribution in [0.5, 0.6) is 0 Å². The molecule has 0 aliphatic carbocycles. The minimum Gasteiger partial charge on any atom is -0.390 e. The average molecular weight is 278 g/mol. The van der Waals surface area contributed by atoms with E-state index in [1.165, 1.54) is 0 Å². The second-order valence-electron chi connectivity index (χ2n) is 5.09. The highest BCUT2D eigenvalue weighted by molar-refractivity contribution is 5.78. The Bertz CT molecular complexity index is 424. The number of hydrogen-bond donors (Lipinski definition) is 1. The lowest BCUT2D eigenvalue weighted by atomic mass is 10.2. The number of β-amino-alcohol motifs (C(OH)–C–C–N with tert-alkyl or cyclic N) is 1. The largest absolute Gasteiger partial charge is 0.390 e. The third-order valence-corrected chi connectivity index (χ3v) is 3.48. The van der Waals surface area contributed by atoms with E-state index in [1.807, 2.05) is 30.3 Å². The lowest BCUT2D eigenvalue weighted by Crippen LogP contribution is -2.40. The Labute approximate surface area is 119 Å². The van der Waals surface area contributed by atoms with E-state index >= 15 is 0 Å². The molecule has 2 rings (SSSR count). The average Bonchev–Trinajstić information content (AvgIpc) is 2.84. The van der Waals surface area contributed by atoms with E-state index in [1.54, 1.807) is 17.1 Å². The molecule has 1 aromatic rings. The molecule has 1 aliphatic heterocycles. The standard InChI is InChI=1S/C15H22N2O3/c1-20-17(10-13-6-3-2-4-7-13)12-14(18)11-16-9-5-8-15(16)19/h2-4,6-7,14,18H,5,8-12H2,1H3. The summed E-state index contributed by atoms with van der Waals surface area (Å²) < 4.78 is 0. The topological polar surface area (TPSA) is 53.0 Å². The number of hydrogen-bond acceptors (Lipinski definition) is 4. The molecule has 1 aliphatic rings. The minimum absolute atomic E-state index is 0.135. The van der Waals surface area contributed by atoms with Gasteiger partial charge in [0.1, 0.15) is 0 Å². The first kappa shape index (κ1) is 15.0. The fourth-order valence-electron chi connectivity index (χ4n) is 2.43. The van der Waals surface area contributed by atoms with Crippen LogP contribution in [-0.4, -0.2) is 53.8 Å². The fourth-order valence-corrected chi connectivity index (χ4v) is 2.43. The number of aliphatic hydroxyl groups excluding tert-OH is 1. The number of benzene rings is 1. The molecule has 1 heterocycles. The van der Waals surface area contributed by atoms with Crippen LogP contribution >= 0.6 is 0 Å². The Hall–Kier alpha value is -1.43. The molecule has 5 nitrogen and oxygen atoms in total. The maximum atomic E-state index is 11.5. The lowest BCUT2D eigenvalue weighted by molar-refractivity contribution is -0.158. The second-order valence-corrected chi connectivity index (χ2v) is 5.09. The van der Waals surface area contributed by atoms with Crippen LogP contribution in [0.15, 0.2) is 30.3 Å². The molecule has 1 N–H and O–H groups in total. The fraction of sp³-hybridized carbons (Fsp3) is 0.533. The van der Waals surface area contributed by atoms with Crippen molar-refractivity contribution in [2.75, 3.05) is 26.7 Å². The van der Waals surface area contributed by atoms with Crippen molar-refractivity contribution in [1.82, 2.24) is 9.96 Å². The number of aliphatic hydroxyl groups is 1. The summed E-state index contributed by atoms with van der Waals surface area (Å²) in [5.74, 6) is 0.135. The Morgan fingerprint density at radius 3 is 2.75 bits per heavy atom. The molecule has 0 aromatic heterocycles. The summed E-state index contributed by atoms with van der Waals surface area (Å²) >= 11 is 0. The van der Waals surface area contributed by atoms with Crippen LogP contribution < -0.4 is 0 Å². The van der Waals surface area contributed by atoms with Crippen LogP contribution in [0, 0.1) is 0 Å². The summed E-state index contributed by atoms with van der Waals surface area (Å²) in [6.07, 6.45) is 0.898. The summed E-state index contributed by atoms with van der Waals surface area (Å²) in [4.78, 5) is 18.5. The van der Waals surface area contributed by atoms with Crippen LogP contribution in [0.25, 0.3) is 0 Å². The van der Waals surface area contributed by atoms with E-state index in [-0.39, 0.29) is 5.91 Å². The van der Waals surface area contributed by atoms with Crippen molar-refractivity contribution in [2.45, 2.75) is 25.5 Å². The zero-order valence-electron chi connectivity index (χ0n) is 11.9. The SMILES string of the molecule is CON(Cc1ccccc1)CC(O)CN1CCCC1=O. The first-order chi connectivity index (χ1) is 9.69. The first-order valence-electron chi connectivity index (χ1n) is 6.98. The molecule has 1 aromatic carbocycles. The molecule has 1 fully saturated rings. The van der Waals surface area contributed by atoms with Crippen LogP contribution in [-0.2, 0) is 16.2 Å². The van der Waals surface area contributed by atoms with Crippen molar-refractivity contribution in [3.63, 3.8) is 0 Å². The number of amides is 1. The van der Waals surface area contributed by atoms with Gasteiger partial charge in [-0.1, -0.05) is 30.3 Å². The molecule has 1 atom stereocenters. The zero-order chi connectivity index (χ0) is 14.4. The third-order valence-electron chi connectivity index (χ3n) is 3.48. The Balaban J connectivity index is 1.81. The lowest BCUT2D eigenvalue weighted by Gasteiger charge is -2.25. The summed E-state index contributed by atoms with van der Waals surface area (Å²) in [5, 5.41) is 11.8. The van der Waals surface area contributed by atoms with Gasteiger partial charge in [-0.05, 0) is 12.0 Å². The molecule has 20 heavy (non-hydrogen) atoms. The smallest absolute Gasteiger partial charge is 0.222 e. The number of carbonyl (C=O) groups is 1. The number of nitrogens with zero attached hydrogens (tertiary/aromatic N) is 2. The van der Waals surface area contributed by atoms with E-state index in [4.69, 9.17) is 4.84 Å². The second kappa shape index (κ2) is 7.38. The van der Waals surface area contributed by atoms with Gasteiger partial charge in [-0.3, -0.25) is 4.79 Å². The van der Waals surface area contributed by atoms with Crippen molar-refractivity contribution in [3.8, 4) is 0 Å². The number of carbonyl (C=O) groups excluding carboxylic acids is 1. The highest BCUT2D eigenvalue weighted by atomic mass is 16.7. The maximum absolute atomic E-state index is 11.5. The minimum atomic E-state index is -0.597. The zero-order valence-corrected chi connectivity index (χ0v) is 11.9. The molecule has 0 saturated carbocycles. The van der Waals surface area contributed by atoms with E-state index in [0.29, 0.717) is 26.1 Å². The maximum Gasteiger partial charge on any atom is 0.222 e. The number of likely N-dealkylation sites (tertiary alicyclic amines) is 1. The molecule has 110 valence electrons. The molecule has 0 radical (unpaired) electrons. The van der Waals surface area contributed by atoms with Gasteiger partial charge in [-0.2, -0.15) is 5.06 Å². The summed E-state index contributed by atoms with van der Waals surface area (Å²) in [7, 11) is 1.59. The predicted molar refractivity (Wildman–Crippen MR) is 75.7 cm³/mol. The van der Waals surface area contributed by atoms with Gasteiger partial charge in [0.15, 0.2) is 0 Å². The summed E-state index contributed by atoms with van der Waals surface area (Å²) in [6, 6.07) is 9.95. The van der Waals surface area contributed by atoms with Crippen molar-refractivity contribution in [1.29, 1.82) is 0 Å². The van der Waals surface area contributed by atoms with E-state index < -0.39 is 6.10 Å². The quantitative estimate of drug-likeness (QED) is 0.757. The van der Waals surface area contributed by atoms with Gasteiger partial charge in [0.2, 0.25) is 5.91 Å². The number of hydroxylamine groups is 2. The van der Waals surface area contributed by atoms with Gasteiger partial charge < -0.3 is 14.8 Å². The van der Waals surface area contributed by atoms with Gasteiger partial charge in [0.25, 0.3) is 0 Å². The van der Waals surface area contributed by atoms with Crippen molar-refractivity contribution in [3.05, 3.63) is 35.9 Å². The van der Waals surface area contributed by atoms with E-state index in [0.717, 1.165) is 18.5 Å². The predicted octanol–water partition coefficient (Wildman–Crippen LogP) is 1.03. The van der Waals surface area contributed by atoms with Gasteiger partial charge in [0, 0.05) is 26.1 Å². The van der Waals surface area contributed by atoms with Gasteiger partial charge in [-0.15, -0.1) is 0 Å². The molecule has 0 bridgehead atoms. The molecule has 1 unspecified atom stereocenters. The molecule has 0 spiro atoms. The van der Waals surface area contributed by atoms with Gasteiger partial charge >= 0.3 is 0 Å². The van der Waals surface area contributed by atoms with Crippen molar-refractivity contribution in [2.24, 2.45) is 0 Å². The first-order valence-corrected chi connectivity index (χ1v) is 6.98. The Kier molecular flexibility index (Phi) is 5.52. The normalized spacial score (nSPS) is 16.9. The molecule has 1 amide bonds. The van der Waals surface area contributed by atoms with E-state index in [9.17, 15) is 9.90 Å². The molecular formula is C15H22N2O3. The third kappa shape index (κ3) is 4.30. The molecular weight excluding hydrogens is 256 g/mol. The van der Waals surface area contributed by atoms with Crippen LogP contribution in [0.1, 0.15) is 18.4 Å². The van der Waals surface area contributed by atoms with Crippen LogP contribution in [0.4, 0.5) is 0 Å². The Morgan fingerprint density at radius 1 is 1.40 bits per heavy atom. The van der Waals surface area contributed by atoms with Crippen molar-refractivity contribution < 1.29 is 14.7 Å². The summed E-state index contributed by atoms with van der Waals surface area (Å²) in [6.45, 7) is 2.13. The van der Waals surface area contributed by atoms with Crippen LogP contribution in [0.3, 0.4) is 0 Å².